The predicted molar refractivity (Wildman–Crippen MR) is 493 cm³/mol. The molecule has 44 heteroatoms. The molecule has 8 rings (SSSR count). The second-order valence-electron chi connectivity index (χ2n) is 33.3. The van der Waals surface area contributed by atoms with Crippen molar-refractivity contribution in [3.63, 3.8) is 0 Å². The van der Waals surface area contributed by atoms with E-state index in [2.05, 4.69) is 78.4 Å². The van der Waals surface area contributed by atoms with Crippen molar-refractivity contribution >= 4 is 140 Å². The van der Waals surface area contributed by atoms with Crippen molar-refractivity contribution in [3.8, 4) is 0 Å². The second-order valence-corrected chi connectivity index (χ2v) is 34.3. The highest BCUT2D eigenvalue weighted by molar-refractivity contribution is 8.00. The summed E-state index contributed by atoms with van der Waals surface area (Å²) in [7, 11) is 5.23. The molecule has 722 valence electrons. The smallest absolute Gasteiger partial charge is 0.246 e. The lowest BCUT2D eigenvalue weighted by Gasteiger charge is -2.36. The number of fused-ring (bicyclic) bond motifs is 3. The van der Waals surface area contributed by atoms with Crippen LogP contribution in [0.4, 0.5) is 0 Å². The Hall–Kier alpha value is -13.5. The second kappa shape index (κ2) is 51.9. The minimum atomic E-state index is -1.86. The van der Waals surface area contributed by atoms with E-state index in [0.29, 0.717) is 76.3 Å². The average molecular weight is 1870 g/mol. The van der Waals surface area contributed by atoms with E-state index in [4.69, 9.17) is 28.3 Å². The molecule has 0 radical (unpaired) electrons. The molecule has 2 aliphatic rings. The molecule has 24 N–H and O–H groups in total. The van der Waals surface area contributed by atoms with Crippen LogP contribution in [0.5, 0.6) is 0 Å². The van der Waals surface area contributed by atoms with E-state index in [1.54, 1.807) is 91.3 Å². The number of aliphatic hydroxyl groups is 1. The molecule has 5 heterocycles. The van der Waals surface area contributed by atoms with Crippen LogP contribution in [0.25, 0.3) is 21.8 Å². The molecule has 13 atom stereocenters. The van der Waals surface area contributed by atoms with Gasteiger partial charge >= 0.3 is 0 Å². The van der Waals surface area contributed by atoms with Gasteiger partial charge in [-0.25, -0.2) is 4.98 Å². The summed E-state index contributed by atoms with van der Waals surface area (Å²) in [4.78, 5) is 267. The van der Waals surface area contributed by atoms with Crippen LogP contribution >= 0.6 is 11.8 Å². The third-order valence-electron chi connectivity index (χ3n) is 23.4. The molecule has 6 aromatic rings. The lowest BCUT2D eigenvalue weighted by Crippen LogP contribution is -2.61. The number of nitrogens with two attached hydrogens (primary N) is 4. The van der Waals surface area contributed by atoms with Gasteiger partial charge in [0.1, 0.15) is 78.5 Å². The Bertz CT molecular complexity index is 5050. The Kier molecular flexibility index (Phi) is 40.9. The van der Waals surface area contributed by atoms with E-state index in [1.165, 1.54) is 47.6 Å². The van der Waals surface area contributed by atoms with Crippen LogP contribution in [0, 0.1) is 5.41 Å². The van der Waals surface area contributed by atoms with Gasteiger partial charge in [0.15, 0.2) is 5.96 Å². The minimum Gasteiger partial charge on any atom is -0.394 e. The zero-order chi connectivity index (χ0) is 97.1. The van der Waals surface area contributed by atoms with Crippen molar-refractivity contribution in [1.29, 1.82) is 5.41 Å². The number of nitrogens with one attached hydrogen (secondary N) is 15. The van der Waals surface area contributed by atoms with Gasteiger partial charge in [-0.15, -0.1) is 11.8 Å². The van der Waals surface area contributed by atoms with Gasteiger partial charge in [0, 0.05) is 119 Å². The van der Waals surface area contributed by atoms with E-state index < -0.39 is 223 Å². The molecule has 13 unspecified atom stereocenters. The summed E-state index contributed by atoms with van der Waals surface area (Å²) >= 11 is 0.793. The first-order chi connectivity index (χ1) is 63.6. The monoisotopic (exact) mass is 1870 g/mol. The first-order valence-electron chi connectivity index (χ1n) is 44.6. The summed E-state index contributed by atoms with van der Waals surface area (Å²) < 4.78 is 0. The molecule has 3 aromatic carbocycles. The van der Waals surface area contributed by atoms with E-state index in [9.17, 15) is 62.6 Å². The van der Waals surface area contributed by atoms with Crippen LogP contribution in [0.2, 0.25) is 0 Å². The van der Waals surface area contributed by atoms with Crippen molar-refractivity contribution in [2.45, 2.75) is 215 Å². The van der Waals surface area contributed by atoms with Crippen LogP contribution in [-0.4, -0.2) is 313 Å². The molecular formula is C89H127N25O18S. The number of H-pyrrole nitrogens is 3. The number of hydrogen-bond donors (Lipinski definition) is 20. The third-order valence-corrected chi connectivity index (χ3v) is 24.4. The normalized spacial score (nSPS) is 23.4. The fourth-order valence-corrected chi connectivity index (χ4v) is 16.7. The number of aliphatic hydroxyl groups excluding tert-OH is 1. The van der Waals surface area contributed by atoms with Crippen molar-refractivity contribution in [2.75, 3.05) is 79.0 Å². The highest BCUT2D eigenvalue weighted by Crippen LogP contribution is 2.26. The highest BCUT2D eigenvalue weighted by Gasteiger charge is 2.44. The lowest BCUT2D eigenvalue weighted by molar-refractivity contribution is -0.149. The van der Waals surface area contributed by atoms with Gasteiger partial charge in [-0.3, -0.25) is 86.9 Å². The number of carbonyl (C=O) groups excluding carboxylic acids is 17. The number of likely N-dealkylation sites (N-methyl/N-ethyl adjacent to an activating group) is 4. The highest BCUT2D eigenvalue weighted by atomic mass is 32.2. The minimum absolute atomic E-state index is 0.000283. The number of primary amides is 2. The van der Waals surface area contributed by atoms with Gasteiger partial charge < -0.3 is 126 Å². The van der Waals surface area contributed by atoms with E-state index in [0.717, 1.165) is 36.3 Å². The topological polar surface area (TPSA) is 647 Å². The first-order valence-corrected chi connectivity index (χ1v) is 45.7. The van der Waals surface area contributed by atoms with Crippen molar-refractivity contribution in [1.82, 2.24) is 103 Å². The summed E-state index contributed by atoms with van der Waals surface area (Å²) in [5.74, 6) is -16.9. The molecule has 2 fully saturated rings. The number of imidazole rings is 1. The number of carbonyl (C=O) groups is 17. The Morgan fingerprint density at radius 3 is 1.67 bits per heavy atom. The number of amides is 17. The molecule has 3 aromatic heterocycles. The fourth-order valence-electron chi connectivity index (χ4n) is 15.9. The summed E-state index contributed by atoms with van der Waals surface area (Å²) in [5.41, 5.74) is 25.9. The van der Waals surface area contributed by atoms with E-state index >= 15 is 24.0 Å². The summed E-state index contributed by atoms with van der Waals surface area (Å²) in [6.07, 6.45) is 6.51. The molecule has 0 aliphatic carbocycles. The molecular weight excluding hydrogens is 1740 g/mol. The van der Waals surface area contributed by atoms with Gasteiger partial charge in [0.25, 0.3) is 0 Å². The van der Waals surface area contributed by atoms with Crippen LogP contribution in [0.15, 0.2) is 104 Å². The number of hydrogen-bond acceptors (Lipinski definition) is 22. The number of aromatic amines is 3. The number of nitrogens with zero attached hydrogens (tertiary/aromatic N) is 6. The Balaban J connectivity index is 1.18. The van der Waals surface area contributed by atoms with Crippen LogP contribution in [-0.2, 0) is 107 Å². The number of para-hydroxylation sites is 2. The molecule has 2 saturated heterocycles. The van der Waals surface area contributed by atoms with Gasteiger partial charge in [0.2, 0.25) is 100 Å². The maximum atomic E-state index is 15.7. The Morgan fingerprint density at radius 1 is 0.519 bits per heavy atom. The molecule has 0 bridgehead atoms. The van der Waals surface area contributed by atoms with Crippen molar-refractivity contribution in [3.05, 3.63) is 126 Å². The number of benzene rings is 3. The average Bonchev–Trinajstić information content (AvgIpc) is 1.80. The summed E-state index contributed by atoms with van der Waals surface area (Å²) in [6, 6.07) is 2.77. The number of guanidine groups is 1. The molecule has 43 nitrogen and oxygen atoms in total. The van der Waals surface area contributed by atoms with Crippen molar-refractivity contribution < 1.29 is 86.6 Å². The van der Waals surface area contributed by atoms with Gasteiger partial charge in [0.05, 0.1) is 38.2 Å². The van der Waals surface area contributed by atoms with Gasteiger partial charge in [-0.05, 0) is 100 Å². The van der Waals surface area contributed by atoms with Crippen LogP contribution in [0.1, 0.15) is 133 Å². The third kappa shape index (κ3) is 30.8. The SMILES string of the molecule is CCCCC1C(=O)N(C)C(CCCC)C(=O)NC(CCCNC(=N)N)C(=O)NC(C(=O)NCC(N)=O)CSCC(=O)NC(Cc2ccccc2)C(=O)N(C)C(C)C(=O)NC(CC(N)=O)C(=O)N2CCCC2C(=O)NC(Cc2cnc[nH]2)C(=O)NC(CCCCN)C(=O)N(C)CC(=O)NC(Cc2c[nH]c3ccccc23)C(=O)NC(CO)C(=O)NC(Cc2c[nH]c3ccccc23)C(=O)N1C. The molecule has 133 heavy (non-hydrogen) atoms. The first kappa shape index (κ1) is 105. The number of aromatic nitrogens is 4. The molecule has 2 aliphatic heterocycles. The zero-order valence-corrected chi connectivity index (χ0v) is 76.8. The molecule has 17 amide bonds. The quantitative estimate of drug-likeness (QED) is 0.0132. The fraction of sp³-hybridized carbons (Fsp3) is 0.517. The van der Waals surface area contributed by atoms with Crippen LogP contribution < -0.4 is 81.4 Å². The standard InChI is InChI=1S/C89H127N25O18S/c1-8-10-31-69-82(126)103-60(30-21-35-96-89(93)94)78(122)109-68(77(121)99-45-73(92)117)48-133-49-75(119)102-64(37-52-23-13-12-14-24-52)85(129)111(5)51(3)76(120)106-66(41-72(91)116)87(131)114-36-22-33-70(114)83(127)105-63(40-55-44-95-50-100-55)80(124)104-61(29-19-20-34-90)84(128)110(4)46-74(118)101-62(38-53-42-97-58-27-17-15-25-56(53)58)79(123)108-67(47-115)81(125)107-65(39-54-43-98-59-28-18-16-26-57(54)59)86(130)113(7)71(32-11-9-2)88(132)112(69)6/h12-18,23-28,42-44,50-51,60-71,97-98,115H,8-11,19-22,29-41,45-49,90H2,1-7H3,(H2,91,116)(H2,92,117)(H,95,100)(H,99,121)(H,101,118)(H,102,119)(H,103,126)(H,104,124)(H,105,127)(H,106,120)(H,107,125)(H,108,123)(H,109,122)(H4,93,94,96). The molecule has 0 spiro atoms. The largest absolute Gasteiger partial charge is 0.394 e. The summed E-state index contributed by atoms with van der Waals surface area (Å²) in [6.45, 7) is 2.52. The Labute approximate surface area is 774 Å². The van der Waals surface area contributed by atoms with Gasteiger partial charge in [-0.2, -0.15) is 0 Å². The lowest BCUT2D eigenvalue weighted by atomic mass is 10.00. The van der Waals surface area contributed by atoms with E-state index in [1.807, 2.05) is 13.8 Å². The van der Waals surface area contributed by atoms with Crippen molar-refractivity contribution in [2.24, 2.45) is 22.9 Å². The zero-order valence-electron chi connectivity index (χ0n) is 76.0. The maximum absolute atomic E-state index is 15.7. The van der Waals surface area contributed by atoms with E-state index in [-0.39, 0.29) is 96.7 Å². The van der Waals surface area contributed by atoms with Gasteiger partial charge in [-0.1, -0.05) is 106 Å². The summed E-state index contributed by atoms with van der Waals surface area (Å²) in [5, 5.41) is 49.4. The predicted octanol–water partition coefficient (Wildman–Crippen LogP) is -3.05. The van der Waals surface area contributed by atoms with Crippen LogP contribution in [0.3, 0.4) is 0 Å². The number of unbranched alkanes of at least 4 members (excludes halogenated alkanes) is 3. The maximum Gasteiger partial charge on any atom is 0.246 e. The number of thioether (sulfide) groups is 1. The Morgan fingerprint density at radius 2 is 1.06 bits per heavy atom. The molecule has 0 saturated carbocycles. The number of rotatable bonds is 28.